The van der Waals surface area contributed by atoms with E-state index in [1.54, 1.807) is 12.1 Å². The molecule has 1 aliphatic rings. The third-order valence-corrected chi connectivity index (χ3v) is 4.30. The Labute approximate surface area is 150 Å². The third-order valence-electron chi connectivity index (χ3n) is 3.98. The molecule has 0 aliphatic carbocycles. The Bertz CT molecular complexity index is 749. The highest BCUT2D eigenvalue weighted by molar-refractivity contribution is 6.33. The van der Waals surface area contributed by atoms with Crippen LogP contribution in [0.25, 0.3) is 0 Å². The van der Waals surface area contributed by atoms with Crippen LogP contribution in [-0.2, 0) is 0 Å². The Morgan fingerprint density at radius 2 is 2.12 bits per heavy atom. The van der Waals surface area contributed by atoms with Crippen LogP contribution in [0.5, 0.6) is 5.88 Å². The topological polar surface area (TPSA) is 58.6 Å². The second-order valence-corrected chi connectivity index (χ2v) is 6.41. The highest BCUT2D eigenvalue weighted by Gasteiger charge is 2.31. The molecule has 1 fully saturated rings. The van der Waals surface area contributed by atoms with E-state index in [-0.39, 0.29) is 16.7 Å². The van der Waals surface area contributed by atoms with E-state index in [0.29, 0.717) is 25.4 Å². The van der Waals surface area contributed by atoms with Crippen molar-refractivity contribution >= 4 is 23.3 Å². The fourth-order valence-electron chi connectivity index (χ4n) is 2.65. The van der Waals surface area contributed by atoms with Gasteiger partial charge in [-0.05, 0) is 18.2 Å². The number of hydrogen-bond donors (Lipinski definition) is 0. The molecule has 8 heteroatoms. The number of carbonyl (C=O) groups is 1. The number of amides is 1. The van der Waals surface area contributed by atoms with E-state index in [4.69, 9.17) is 16.3 Å². The fraction of sp³-hybridized carbons (Fsp3) is 0.353. The van der Waals surface area contributed by atoms with E-state index < -0.39 is 11.7 Å². The monoisotopic (exact) mass is 364 g/mol. The first-order chi connectivity index (χ1) is 12.0. The number of carbonyl (C=O) groups excluding carboxylic acids is 1. The smallest absolute Gasteiger partial charge is 0.258 e. The van der Waals surface area contributed by atoms with Gasteiger partial charge in [-0.1, -0.05) is 17.7 Å². The summed E-state index contributed by atoms with van der Waals surface area (Å²) in [6.45, 7) is 0.817. The van der Waals surface area contributed by atoms with Crippen LogP contribution >= 0.6 is 11.6 Å². The summed E-state index contributed by atoms with van der Waals surface area (Å²) in [4.78, 5) is 15.9. The molecule has 2 heterocycles. The average molecular weight is 365 g/mol. The summed E-state index contributed by atoms with van der Waals surface area (Å²) in [6.07, 6.45) is 0.420. The molecule has 0 bridgehead atoms. The number of aromatic nitrogens is 2. The quantitative estimate of drug-likeness (QED) is 0.834. The summed E-state index contributed by atoms with van der Waals surface area (Å²) in [7, 11) is 3.75. The highest BCUT2D eigenvalue weighted by Crippen LogP contribution is 2.24. The lowest BCUT2D eigenvalue weighted by atomic mass is 10.2. The van der Waals surface area contributed by atoms with Gasteiger partial charge >= 0.3 is 0 Å². The lowest BCUT2D eigenvalue weighted by Gasteiger charge is -2.18. The predicted molar refractivity (Wildman–Crippen MR) is 92.7 cm³/mol. The normalized spacial score (nSPS) is 16.8. The van der Waals surface area contributed by atoms with Gasteiger partial charge < -0.3 is 14.5 Å². The van der Waals surface area contributed by atoms with Crippen molar-refractivity contribution in [3.05, 3.63) is 46.7 Å². The van der Waals surface area contributed by atoms with Gasteiger partial charge in [0.05, 0.1) is 17.1 Å². The van der Waals surface area contributed by atoms with Crippen LogP contribution in [0.3, 0.4) is 0 Å². The molecule has 25 heavy (non-hydrogen) atoms. The molecule has 1 amide bonds. The second-order valence-electron chi connectivity index (χ2n) is 6.00. The maximum atomic E-state index is 13.9. The number of benzene rings is 1. The Hall–Kier alpha value is -2.41. The first kappa shape index (κ1) is 17.4. The lowest BCUT2D eigenvalue weighted by molar-refractivity contribution is 0.0766. The van der Waals surface area contributed by atoms with E-state index in [2.05, 4.69) is 10.2 Å². The molecule has 1 aromatic heterocycles. The molecule has 6 nitrogen and oxygen atoms in total. The van der Waals surface area contributed by atoms with Gasteiger partial charge in [0.25, 0.3) is 5.91 Å². The number of rotatable bonds is 4. The highest BCUT2D eigenvalue weighted by atomic mass is 35.5. The van der Waals surface area contributed by atoms with Gasteiger partial charge in [-0.3, -0.25) is 4.79 Å². The summed E-state index contributed by atoms with van der Waals surface area (Å²) >= 11 is 5.97. The van der Waals surface area contributed by atoms with E-state index in [1.165, 1.54) is 23.1 Å². The number of hydrogen-bond acceptors (Lipinski definition) is 5. The van der Waals surface area contributed by atoms with Crippen molar-refractivity contribution < 1.29 is 13.9 Å². The van der Waals surface area contributed by atoms with Crippen LogP contribution in [0.1, 0.15) is 16.8 Å². The standard InChI is InChI=1S/C17H18ClFN4O2/c1-22(2)14-6-7-15(21-20-14)25-11-8-9-23(10-11)17(24)16-12(18)4-3-5-13(16)19/h3-7,11H,8-10H2,1-2H3. The zero-order chi connectivity index (χ0) is 18.0. The van der Waals surface area contributed by atoms with Crippen molar-refractivity contribution in [1.29, 1.82) is 0 Å². The second kappa shape index (κ2) is 7.23. The minimum absolute atomic E-state index is 0.0973. The van der Waals surface area contributed by atoms with Crippen LogP contribution in [0.15, 0.2) is 30.3 Å². The molecular formula is C17H18ClFN4O2. The summed E-state index contributed by atoms with van der Waals surface area (Å²) in [6, 6.07) is 7.75. The first-order valence-electron chi connectivity index (χ1n) is 7.86. The van der Waals surface area contributed by atoms with E-state index in [1.807, 2.05) is 19.0 Å². The molecule has 1 aliphatic heterocycles. The predicted octanol–water partition coefficient (Wildman–Crippen LogP) is 2.63. The van der Waals surface area contributed by atoms with Gasteiger partial charge in [0.15, 0.2) is 5.82 Å². The molecular weight excluding hydrogens is 347 g/mol. The van der Waals surface area contributed by atoms with Crippen molar-refractivity contribution in [2.75, 3.05) is 32.1 Å². The van der Waals surface area contributed by atoms with Crippen molar-refractivity contribution in [2.45, 2.75) is 12.5 Å². The van der Waals surface area contributed by atoms with Crippen LogP contribution in [-0.4, -0.2) is 54.3 Å². The molecule has 1 saturated heterocycles. The number of anilines is 1. The van der Waals surface area contributed by atoms with Crippen molar-refractivity contribution in [1.82, 2.24) is 15.1 Å². The van der Waals surface area contributed by atoms with Gasteiger partial charge in [-0.25, -0.2) is 4.39 Å². The molecule has 1 aromatic carbocycles. The fourth-order valence-corrected chi connectivity index (χ4v) is 2.90. The SMILES string of the molecule is CN(C)c1ccc(OC2CCN(C(=O)c3c(F)cccc3Cl)C2)nn1. The minimum Gasteiger partial charge on any atom is -0.471 e. The van der Waals surface area contributed by atoms with Gasteiger partial charge in [0.2, 0.25) is 5.88 Å². The number of ether oxygens (including phenoxy) is 1. The summed E-state index contributed by atoms with van der Waals surface area (Å²) < 4.78 is 19.7. The molecule has 3 rings (SSSR count). The Morgan fingerprint density at radius 1 is 1.32 bits per heavy atom. The Morgan fingerprint density at radius 3 is 2.76 bits per heavy atom. The zero-order valence-corrected chi connectivity index (χ0v) is 14.7. The molecule has 0 N–H and O–H groups in total. The number of halogens is 2. The van der Waals surface area contributed by atoms with Crippen LogP contribution in [0.4, 0.5) is 10.2 Å². The van der Waals surface area contributed by atoms with Crippen molar-refractivity contribution in [2.24, 2.45) is 0 Å². The average Bonchev–Trinajstić information content (AvgIpc) is 3.03. The third kappa shape index (κ3) is 3.82. The zero-order valence-electron chi connectivity index (χ0n) is 13.9. The first-order valence-corrected chi connectivity index (χ1v) is 8.24. The molecule has 2 aromatic rings. The number of likely N-dealkylation sites (tertiary alicyclic amines) is 1. The Kier molecular flexibility index (Phi) is 5.03. The molecule has 132 valence electrons. The number of nitrogens with zero attached hydrogens (tertiary/aromatic N) is 4. The van der Waals surface area contributed by atoms with Gasteiger partial charge in [0.1, 0.15) is 11.9 Å². The molecule has 0 radical (unpaired) electrons. The van der Waals surface area contributed by atoms with Crippen LogP contribution in [0.2, 0.25) is 5.02 Å². The molecule has 1 unspecified atom stereocenters. The lowest BCUT2D eigenvalue weighted by Crippen LogP contribution is -2.31. The van der Waals surface area contributed by atoms with Crippen LogP contribution < -0.4 is 9.64 Å². The van der Waals surface area contributed by atoms with E-state index >= 15 is 0 Å². The summed E-state index contributed by atoms with van der Waals surface area (Å²) in [5.74, 6) is 0.0776. The molecule has 0 spiro atoms. The largest absolute Gasteiger partial charge is 0.471 e. The maximum Gasteiger partial charge on any atom is 0.258 e. The summed E-state index contributed by atoms with van der Waals surface area (Å²) in [5.41, 5.74) is -0.0973. The minimum atomic E-state index is -0.619. The van der Waals surface area contributed by atoms with E-state index in [9.17, 15) is 9.18 Å². The van der Waals surface area contributed by atoms with Gasteiger partial charge in [0, 0.05) is 33.1 Å². The van der Waals surface area contributed by atoms with Gasteiger partial charge in [-0.2, -0.15) is 0 Å². The summed E-state index contributed by atoms with van der Waals surface area (Å²) in [5, 5.41) is 8.18. The van der Waals surface area contributed by atoms with Gasteiger partial charge in [-0.15, -0.1) is 10.2 Å². The molecule has 0 saturated carbocycles. The van der Waals surface area contributed by atoms with Crippen molar-refractivity contribution in [3.63, 3.8) is 0 Å². The maximum absolute atomic E-state index is 13.9. The Balaban J connectivity index is 1.64. The van der Waals surface area contributed by atoms with E-state index in [0.717, 1.165) is 5.82 Å². The van der Waals surface area contributed by atoms with Crippen molar-refractivity contribution in [3.8, 4) is 5.88 Å². The van der Waals surface area contributed by atoms with Crippen LogP contribution in [0, 0.1) is 5.82 Å². The molecule has 1 atom stereocenters.